The highest BCUT2D eigenvalue weighted by Gasteiger charge is 2.19. The Kier molecular flexibility index (Phi) is 3.84. The Balaban J connectivity index is 2.17. The van der Waals surface area contributed by atoms with Gasteiger partial charge in [0.2, 0.25) is 0 Å². The predicted molar refractivity (Wildman–Crippen MR) is 68.6 cm³/mol. The zero-order chi connectivity index (χ0) is 13.1. The van der Waals surface area contributed by atoms with Crippen molar-refractivity contribution in [3.63, 3.8) is 0 Å². The number of halogens is 1. The molecule has 0 amide bonds. The molecular formula is C14H18FNO2. The topological polar surface area (TPSA) is 40.5 Å². The molecule has 0 atom stereocenters. The van der Waals surface area contributed by atoms with Crippen LogP contribution in [0.3, 0.4) is 0 Å². The molecule has 1 aromatic rings. The fraction of sp³-hybridized carbons (Fsp3) is 0.500. The molecule has 1 aliphatic rings. The Morgan fingerprint density at radius 1 is 1.33 bits per heavy atom. The molecule has 4 heteroatoms. The number of benzene rings is 1. The Morgan fingerprint density at radius 3 is 2.56 bits per heavy atom. The minimum atomic E-state index is -1.22. The molecule has 0 aromatic heterocycles. The second kappa shape index (κ2) is 5.38. The van der Waals surface area contributed by atoms with E-state index in [1.807, 2.05) is 7.05 Å². The van der Waals surface area contributed by atoms with Crippen LogP contribution in [0, 0.1) is 5.82 Å². The molecule has 18 heavy (non-hydrogen) atoms. The number of anilines is 1. The molecule has 1 aromatic carbocycles. The number of hydrogen-bond acceptors (Lipinski definition) is 2. The smallest absolute Gasteiger partial charge is 0.338 e. The maximum Gasteiger partial charge on any atom is 0.338 e. The Labute approximate surface area is 106 Å². The summed E-state index contributed by atoms with van der Waals surface area (Å²) in [6.07, 6.45) is 5.95. The van der Waals surface area contributed by atoms with E-state index in [4.69, 9.17) is 5.11 Å². The van der Waals surface area contributed by atoms with Gasteiger partial charge < -0.3 is 10.0 Å². The molecule has 3 nitrogen and oxygen atoms in total. The van der Waals surface area contributed by atoms with Gasteiger partial charge in [-0.1, -0.05) is 19.3 Å². The number of aromatic carboxylic acids is 1. The largest absolute Gasteiger partial charge is 0.478 e. The molecule has 2 rings (SSSR count). The van der Waals surface area contributed by atoms with Crippen molar-refractivity contribution in [1.29, 1.82) is 0 Å². The molecular weight excluding hydrogens is 233 g/mol. The van der Waals surface area contributed by atoms with Crippen LogP contribution in [0.5, 0.6) is 0 Å². The second-order valence-electron chi connectivity index (χ2n) is 4.87. The van der Waals surface area contributed by atoms with Gasteiger partial charge in [0, 0.05) is 18.8 Å². The van der Waals surface area contributed by atoms with E-state index in [1.165, 1.54) is 31.4 Å². The summed E-state index contributed by atoms with van der Waals surface area (Å²) in [6.45, 7) is 0. The molecule has 0 aliphatic heterocycles. The Hall–Kier alpha value is -1.58. The van der Waals surface area contributed by atoms with Crippen LogP contribution < -0.4 is 4.90 Å². The third kappa shape index (κ3) is 2.63. The molecule has 0 bridgehead atoms. The Bertz CT molecular complexity index is 441. The van der Waals surface area contributed by atoms with Gasteiger partial charge >= 0.3 is 5.97 Å². The van der Waals surface area contributed by atoms with Crippen molar-refractivity contribution in [3.8, 4) is 0 Å². The van der Waals surface area contributed by atoms with Gasteiger partial charge in [0.1, 0.15) is 5.82 Å². The highest BCUT2D eigenvalue weighted by atomic mass is 19.1. The minimum absolute atomic E-state index is 0.268. The van der Waals surface area contributed by atoms with Crippen molar-refractivity contribution < 1.29 is 14.3 Å². The van der Waals surface area contributed by atoms with E-state index in [2.05, 4.69) is 4.90 Å². The van der Waals surface area contributed by atoms with Gasteiger partial charge in [-0.3, -0.25) is 0 Å². The number of carboxylic acid groups (broad SMARTS) is 1. The van der Waals surface area contributed by atoms with E-state index in [-0.39, 0.29) is 5.56 Å². The monoisotopic (exact) mass is 251 g/mol. The van der Waals surface area contributed by atoms with Crippen molar-refractivity contribution in [1.82, 2.24) is 0 Å². The second-order valence-corrected chi connectivity index (χ2v) is 4.87. The molecule has 1 saturated carbocycles. The molecule has 0 unspecified atom stereocenters. The molecule has 0 saturated heterocycles. The van der Waals surface area contributed by atoms with Gasteiger partial charge in [0.05, 0.1) is 5.56 Å². The lowest BCUT2D eigenvalue weighted by molar-refractivity contribution is 0.0692. The fourth-order valence-electron chi connectivity index (χ4n) is 2.58. The summed E-state index contributed by atoms with van der Waals surface area (Å²) in [5.41, 5.74) is 0.486. The van der Waals surface area contributed by atoms with E-state index in [0.29, 0.717) is 6.04 Å². The lowest BCUT2D eigenvalue weighted by Gasteiger charge is -2.33. The first-order valence-corrected chi connectivity index (χ1v) is 6.35. The zero-order valence-corrected chi connectivity index (χ0v) is 10.5. The summed E-state index contributed by atoms with van der Waals surface area (Å²) in [4.78, 5) is 12.8. The van der Waals surface area contributed by atoms with Crippen molar-refractivity contribution in [2.75, 3.05) is 11.9 Å². The molecule has 0 spiro atoms. The lowest BCUT2D eigenvalue weighted by Crippen LogP contribution is -2.33. The van der Waals surface area contributed by atoms with E-state index >= 15 is 0 Å². The van der Waals surface area contributed by atoms with Gasteiger partial charge in [0.15, 0.2) is 0 Å². The van der Waals surface area contributed by atoms with Crippen LogP contribution in [-0.4, -0.2) is 24.2 Å². The zero-order valence-electron chi connectivity index (χ0n) is 10.5. The molecule has 0 heterocycles. The predicted octanol–water partition coefficient (Wildman–Crippen LogP) is 3.29. The van der Waals surface area contributed by atoms with E-state index < -0.39 is 11.8 Å². The summed E-state index contributed by atoms with van der Waals surface area (Å²) in [5.74, 6) is -1.89. The first kappa shape index (κ1) is 12.9. The highest BCUT2D eigenvalue weighted by Crippen LogP contribution is 2.27. The normalized spacial score (nSPS) is 16.6. The first-order chi connectivity index (χ1) is 8.59. The van der Waals surface area contributed by atoms with Crippen molar-refractivity contribution in [2.45, 2.75) is 38.1 Å². The quantitative estimate of drug-likeness (QED) is 0.896. The number of rotatable bonds is 3. The van der Waals surface area contributed by atoms with Gasteiger partial charge in [0.25, 0.3) is 0 Å². The van der Waals surface area contributed by atoms with E-state index in [9.17, 15) is 9.18 Å². The highest BCUT2D eigenvalue weighted by molar-refractivity contribution is 5.88. The maximum atomic E-state index is 13.6. The number of carbonyl (C=O) groups is 1. The molecule has 0 radical (unpaired) electrons. The molecule has 1 N–H and O–H groups in total. The van der Waals surface area contributed by atoms with Crippen LogP contribution in [-0.2, 0) is 0 Å². The Morgan fingerprint density at radius 2 is 2.00 bits per heavy atom. The summed E-state index contributed by atoms with van der Waals surface area (Å²) in [6, 6.07) is 4.78. The van der Waals surface area contributed by atoms with Crippen molar-refractivity contribution in [3.05, 3.63) is 29.6 Å². The third-order valence-corrected chi connectivity index (χ3v) is 3.71. The van der Waals surface area contributed by atoms with Gasteiger partial charge in [-0.2, -0.15) is 0 Å². The van der Waals surface area contributed by atoms with E-state index in [0.717, 1.165) is 18.5 Å². The molecule has 98 valence electrons. The van der Waals surface area contributed by atoms with Crippen LogP contribution >= 0.6 is 0 Å². The number of nitrogens with zero attached hydrogens (tertiary/aromatic N) is 1. The van der Waals surface area contributed by atoms with Crippen LogP contribution in [0.1, 0.15) is 42.5 Å². The van der Waals surface area contributed by atoms with Crippen LogP contribution in [0.4, 0.5) is 10.1 Å². The third-order valence-electron chi connectivity index (χ3n) is 3.71. The van der Waals surface area contributed by atoms with Gasteiger partial charge in [-0.05, 0) is 31.0 Å². The SMILES string of the molecule is CN(c1ccc(C(=O)O)c(F)c1)C1CCCCC1. The molecule has 1 fully saturated rings. The fourth-order valence-corrected chi connectivity index (χ4v) is 2.58. The average Bonchev–Trinajstić information content (AvgIpc) is 2.38. The summed E-state index contributed by atoms with van der Waals surface area (Å²) >= 11 is 0. The average molecular weight is 251 g/mol. The number of carboxylic acids is 1. The standard InChI is InChI=1S/C14H18FNO2/c1-16(10-5-3-2-4-6-10)11-7-8-12(14(17)18)13(15)9-11/h7-10H,2-6H2,1H3,(H,17,18). The first-order valence-electron chi connectivity index (χ1n) is 6.35. The summed E-state index contributed by atoms with van der Waals surface area (Å²) in [7, 11) is 1.95. The summed E-state index contributed by atoms with van der Waals surface area (Å²) in [5, 5.41) is 8.79. The lowest BCUT2D eigenvalue weighted by atomic mass is 9.94. The van der Waals surface area contributed by atoms with Crippen molar-refractivity contribution in [2.24, 2.45) is 0 Å². The minimum Gasteiger partial charge on any atom is -0.478 e. The van der Waals surface area contributed by atoms with Crippen LogP contribution in [0.2, 0.25) is 0 Å². The van der Waals surface area contributed by atoms with E-state index in [1.54, 1.807) is 6.07 Å². The van der Waals surface area contributed by atoms with Gasteiger partial charge in [-0.15, -0.1) is 0 Å². The summed E-state index contributed by atoms with van der Waals surface area (Å²) < 4.78 is 13.6. The van der Waals surface area contributed by atoms with Crippen molar-refractivity contribution >= 4 is 11.7 Å². The number of hydrogen-bond donors (Lipinski definition) is 1. The van der Waals surface area contributed by atoms with Crippen LogP contribution in [0.25, 0.3) is 0 Å². The van der Waals surface area contributed by atoms with Crippen LogP contribution in [0.15, 0.2) is 18.2 Å². The van der Waals surface area contributed by atoms with Gasteiger partial charge in [-0.25, -0.2) is 9.18 Å². The molecule has 1 aliphatic carbocycles. The maximum absolute atomic E-state index is 13.6.